The van der Waals surface area contributed by atoms with Gasteiger partial charge in [0.15, 0.2) is 0 Å². The quantitative estimate of drug-likeness (QED) is 0.754. The third kappa shape index (κ3) is 1.60. The SMILES string of the molecule is CC1(C2C3CC4CC(C3)CC2C4)CNCCO1. The van der Waals surface area contributed by atoms with Crippen molar-refractivity contribution in [2.24, 2.45) is 29.6 Å². The van der Waals surface area contributed by atoms with E-state index in [1.54, 1.807) is 6.42 Å². The van der Waals surface area contributed by atoms with E-state index in [1.165, 1.54) is 25.7 Å². The molecule has 4 aliphatic carbocycles. The molecular formula is C15H25NO. The first-order valence-electron chi connectivity index (χ1n) is 7.59. The molecule has 1 N–H and O–H groups in total. The summed E-state index contributed by atoms with van der Waals surface area (Å²) in [6.07, 6.45) is 7.59. The van der Waals surface area contributed by atoms with Crippen LogP contribution < -0.4 is 5.32 Å². The van der Waals surface area contributed by atoms with Crippen LogP contribution in [0, 0.1) is 29.6 Å². The van der Waals surface area contributed by atoms with Crippen molar-refractivity contribution in [1.82, 2.24) is 5.32 Å². The number of hydrogen-bond acceptors (Lipinski definition) is 2. The molecule has 4 saturated carbocycles. The average molecular weight is 235 g/mol. The molecule has 0 aromatic carbocycles. The molecule has 5 fully saturated rings. The van der Waals surface area contributed by atoms with Gasteiger partial charge in [0.05, 0.1) is 12.2 Å². The minimum Gasteiger partial charge on any atom is -0.372 e. The van der Waals surface area contributed by atoms with Crippen LogP contribution in [-0.2, 0) is 4.74 Å². The van der Waals surface area contributed by atoms with Crippen molar-refractivity contribution in [3.8, 4) is 0 Å². The largest absolute Gasteiger partial charge is 0.372 e. The number of morpholine rings is 1. The van der Waals surface area contributed by atoms with Gasteiger partial charge in [-0.25, -0.2) is 0 Å². The number of hydrogen-bond donors (Lipinski definition) is 1. The Labute approximate surface area is 104 Å². The normalized spacial score (nSPS) is 57.4. The molecule has 96 valence electrons. The Morgan fingerprint density at radius 2 is 1.65 bits per heavy atom. The molecule has 0 amide bonds. The van der Waals surface area contributed by atoms with Gasteiger partial charge in [0.25, 0.3) is 0 Å². The zero-order valence-electron chi connectivity index (χ0n) is 11.0. The monoisotopic (exact) mass is 235 g/mol. The van der Waals surface area contributed by atoms with Gasteiger partial charge in [-0.2, -0.15) is 0 Å². The van der Waals surface area contributed by atoms with Gasteiger partial charge in [-0.3, -0.25) is 0 Å². The van der Waals surface area contributed by atoms with Gasteiger partial charge in [-0.05, 0) is 68.6 Å². The van der Waals surface area contributed by atoms with Crippen molar-refractivity contribution in [2.45, 2.75) is 44.6 Å². The Bertz CT molecular complexity index is 280. The Balaban J connectivity index is 1.61. The lowest BCUT2D eigenvalue weighted by molar-refractivity contribution is -0.171. The van der Waals surface area contributed by atoms with Crippen LogP contribution >= 0.6 is 0 Å². The van der Waals surface area contributed by atoms with E-state index in [0.29, 0.717) is 0 Å². The lowest BCUT2D eigenvalue weighted by Crippen LogP contribution is -2.60. The molecule has 1 atom stereocenters. The molecule has 4 bridgehead atoms. The second-order valence-corrected chi connectivity index (χ2v) is 7.29. The molecule has 1 heterocycles. The third-order valence-corrected chi connectivity index (χ3v) is 6.12. The van der Waals surface area contributed by atoms with Crippen LogP contribution in [0.2, 0.25) is 0 Å². The minimum absolute atomic E-state index is 0.140. The summed E-state index contributed by atoms with van der Waals surface area (Å²) in [5.74, 6) is 4.97. The Morgan fingerprint density at radius 1 is 1.00 bits per heavy atom. The van der Waals surface area contributed by atoms with Gasteiger partial charge < -0.3 is 10.1 Å². The van der Waals surface area contributed by atoms with E-state index in [4.69, 9.17) is 4.74 Å². The van der Waals surface area contributed by atoms with Crippen LogP contribution in [0.4, 0.5) is 0 Å². The zero-order chi connectivity index (χ0) is 11.5. The highest BCUT2D eigenvalue weighted by atomic mass is 16.5. The summed E-state index contributed by atoms with van der Waals surface area (Å²) in [6.45, 7) is 5.42. The maximum absolute atomic E-state index is 6.23. The topological polar surface area (TPSA) is 21.3 Å². The van der Waals surface area contributed by atoms with Crippen LogP contribution in [0.25, 0.3) is 0 Å². The van der Waals surface area contributed by atoms with Crippen molar-refractivity contribution in [3.63, 3.8) is 0 Å². The van der Waals surface area contributed by atoms with Gasteiger partial charge in [-0.1, -0.05) is 0 Å². The first-order chi connectivity index (χ1) is 8.24. The van der Waals surface area contributed by atoms with Crippen molar-refractivity contribution >= 4 is 0 Å². The average Bonchev–Trinajstić information content (AvgIpc) is 2.27. The lowest BCUT2D eigenvalue weighted by Gasteiger charge is -2.59. The Hall–Kier alpha value is -0.0800. The molecule has 17 heavy (non-hydrogen) atoms. The summed E-state index contributed by atoms with van der Waals surface area (Å²) in [7, 11) is 0. The van der Waals surface area contributed by atoms with Gasteiger partial charge in [-0.15, -0.1) is 0 Å². The van der Waals surface area contributed by atoms with Crippen molar-refractivity contribution in [2.75, 3.05) is 19.7 Å². The van der Waals surface area contributed by atoms with E-state index in [1.807, 2.05) is 0 Å². The summed E-state index contributed by atoms with van der Waals surface area (Å²) < 4.78 is 6.23. The molecule has 1 unspecified atom stereocenters. The van der Waals surface area contributed by atoms with Crippen LogP contribution in [-0.4, -0.2) is 25.3 Å². The standard InChI is InChI=1S/C15H25NO/c1-15(9-16-2-3-17-15)14-12-5-10-4-11(7-12)8-13(14)6-10/h10-14,16H,2-9H2,1H3. The van der Waals surface area contributed by atoms with E-state index < -0.39 is 0 Å². The number of ether oxygens (including phenoxy) is 1. The smallest absolute Gasteiger partial charge is 0.0812 e. The van der Waals surface area contributed by atoms with Gasteiger partial charge in [0.1, 0.15) is 0 Å². The van der Waals surface area contributed by atoms with E-state index >= 15 is 0 Å². The van der Waals surface area contributed by atoms with E-state index in [9.17, 15) is 0 Å². The zero-order valence-corrected chi connectivity index (χ0v) is 11.0. The highest BCUT2D eigenvalue weighted by molar-refractivity contribution is 5.05. The molecule has 0 radical (unpaired) electrons. The van der Waals surface area contributed by atoms with E-state index in [0.717, 1.165) is 49.3 Å². The lowest BCUT2D eigenvalue weighted by atomic mass is 9.49. The highest BCUT2D eigenvalue weighted by Gasteiger charge is 2.54. The summed E-state index contributed by atoms with van der Waals surface area (Å²) in [6, 6.07) is 0. The minimum atomic E-state index is 0.140. The molecule has 1 saturated heterocycles. The van der Waals surface area contributed by atoms with Crippen LogP contribution in [0.1, 0.15) is 39.0 Å². The molecule has 5 aliphatic rings. The molecule has 0 spiro atoms. The van der Waals surface area contributed by atoms with Gasteiger partial charge in [0.2, 0.25) is 0 Å². The molecule has 0 aromatic heterocycles. The third-order valence-electron chi connectivity index (χ3n) is 6.12. The Kier molecular flexibility index (Phi) is 2.36. The predicted octanol–water partition coefficient (Wildman–Crippen LogP) is 2.44. The molecule has 2 nitrogen and oxygen atoms in total. The maximum atomic E-state index is 6.23. The first kappa shape index (κ1) is 10.8. The summed E-state index contributed by atoms with van der Waals surface area (Å²) in [5, 5.41) is 3.56. The van der Waals surface area contributed by atoms with E-state index in [2.05, 4.69) is 12.2 Å². The molecule has 2 heteroatoms. The highest BCUT2D eigenvalue weighted by Crippen LogP contribution is 2.59. The summed E-state index contributed by atoms with van der Waals surface area (Å²) in [5.41, 5.74) is 0.140. The van der Waals surface area contributed by atoms with Crippen LogP contribution in [0.15, 0.2) is 0 Å². The fourth-order valence-corrected chi connectivity index (χ4v) is 5.88. The fraction of sp³-hybridized carbons (Fsp3) is 1.00. The Morgan fingerprint density at radius 3 is 2.18 bits per heavy atom. The van der Waals surface area contributed by atoms with Crippen molar-refractivity contribution in [3.05, 3.63) is 0 Å². The summed E-state index contributed by atoms with van der Waals surface area (Å²) >= 11 is 0. The molecule has 0 aromatic rings. The summed E-state index contributed by atoms with van der Waals surface area (Å²) in [4.78, 5) is 0. The van der Waals surface area contributed by atoms with E-state index in [-0.39, 0.29) is 5.60 Å². The van der Waals surface area contributed by atoms with Crippen LogP contribution in [0.3, 0.4) is 0 Å². The van der Waals surface area contributed by atoms with Crippen LogP contribution in [0.5, 0.6) is 0 Å². The first-order valence-corrected chi connectivity index (χ1v) is 7.59. The maximum Gasteiger partial charge on any atom is 0.0812 e. The number of nitrogens with one attached hydrogen (secondary N) is 1. The number of rotatable bonds is 1. The van der Waals surface area contributed by atoms with Crippen molar-refractivity contribution in [1.29, 1.82) is 0 Å². The molecule has 1 aliphatic heterocycles. The fourth-order valence-electron chi connectivity index (χ4n) is 5.88. The second kappa shape index (κ2) is 3.71. The van der Waals surface area contributed by atoms with Crippen molar-refractivity contribution < 1.29 is 4.74 Å². The molecular weight excluding hydrogens is 210 g/mol. The second-order valence-electron chi connectivity index (χ2n) is 7.29. The van der Waals surface area contributed by atoms with Gasteiger partial charge in [0, 0.05) is 13.1 Å². The predicted molar refractivity (Wildman–Crippen MR) is 67.8 cm³/mol. The molecule has 5 rings (SSSR count). The van der Waals surface area contributed by atoms with Gasteiger partial charge >= 0.3 is 0 Å².